The first-order chi connectivity index (χ1) is 11.7. The van der Waals surface area contributed by atoms with Crippen LogP contribution in [-0.4, -0.2) is 29.9 Å². The third-order valence-electron chi connectivity index (χ3n) is 8.41. The average molecular weight is 616 g/mol. The minimum Gasteiger partial charge on any atom is -0.297 e. The number of carbonyl (C=O) groups is 2. The molecule has 0 spiro atoms. The Morgan fingerprint density at radius 2 is 1.04 bits per heavy atom. The second kappa shape index (κ2) is 5.37. The van der Waals surface area contributed by atoms with Crippen molar-refractivity contribution in [2.45, 2.75) is 71.7 Å². The maximum Gasteiger partial charge on any atom is 0.157 e. The van der Waals surface area contributed by atoms with E-state index in [4.69, 9.17) is 0 Å². The summed E-state index contributed by atoms with van der Waals surface area (Å²) in [5.74, 6) is 0.581. The van der Waals surface area contributed by atoms with Crippen molar-refractivity contribution in [1.82, 2.24) is 0 Å². The van der Waals surface area contributed by atoms with Gasteiger partial charge in [0.25, 0.3) is 0 Å². The van der Waals surface area contributed by atoms with Crippen molar-refractivity contribution in [3.05, 3.63) is 12.2 Å². The van der Waals surface area contributed by atoms with Gasteiger partial charge in [-0.1, -0.05) is 104 Å². The summed E-state index contributed by atoms with van der Waals surface area (Å²) >= 11 is 15.3. The number of alkyl halides is 4. The van der Waals surface area contributed by atoms with Crippen LogP contribution in [0.4, 0.5) is 0 Å². The number of ketones is 2. The number of Topliss-reactive ketones (excluding diaryl/α,β-unsaturated/α-hetero) is 2. The Hall–Kier alpha value is 1.000. The molecule has 0 saturated heterocycles. The highest BCUT2D eigenvalue weighted by Gasteiger charge is 2.76. The van der Waals surface area contributed by atoms with Crippen LogP contribution in [0, 0.1) is 21.7 Å². The fraction of sp³-hybridized carbons (Fsp3) is 0.800. The summed E-state index contributed by atoms with van der Waals surface area (Å²) in [5.41, 5.74) is -1.33. The van der Waals surface area contributed by atoms with Gasteiger partial charge in [0.05, 0.1) is 8.65 Å². The van der Waals surface area contributed by atoms with Gasteiger partial charge in [-0.15, -0.1) is 0 Å². The number of rotatable bonds is 2. The minimum atomic E-state index is -0.470. The standard InChI is InChI=1S/C20H24Br4O2/c1-15(2)13(25)19(23)9-7-17(15,11(19)21)5-6-18-8-10-20(24,12(18)22)14(26)16(18,3)4/h5-6,11-12H,7-10H2,1-4H3/b6-5+/t11-,12-,17+,18+,19-,20+/m1/s1. The van der Waals surface area contributed by atoms with E-state index >= 15 is 0 Å². The minimum absolute atomic E-state index is 0.0711. The molecule has 144 valence electrons. The molecule has 4 aliphatic rings. The Kier molecular flexibility index (Phi) is 4.19. The SMILES string of the molecule is CC1(C)C(=O)[C@@]2(Br)CC[C@@]1(/C=C/[C@@]13CC[C@@](Br)(C(=O)C1(C)C)[C@@H]3Br)[C@H]2Br. The fourth-order valence-electron chi connectivity index (χ4n) is 6.33. The van der Waals surface area contributed by atoms with Crippen LogP contribution < -0.4 is 0 Å². The predicted molar refractivity (Wildman–Crippen MR) is 119 cm³/mol. The molecular weight excluding hydrogens is 592 g/mol. The van der Waals surface area contributed by atoms with Crippen LogP contribution in [0.15, 0.2) is 12.2 Å². The predicted octanol–water partition coefficient (Wildman–Crippen LogP) is 6.12. The van der Waals surface area contributed by atoms with Gasteiger partial charge in [0.2, 0.25) is 0 Å². The molecule has 0 amide bonds. The van der Waals surface area contributed by atoms with E-state index in [2.05, 4.69) is 104 Å². The van der Waals surface area contributed by atoms with Gasteiger partial charge in [-0.3, -0.25) is 9.59 Å². The summed E-state index contributed by atoms with van der Waals surface area (Å²) in [6, 6.07) is 0. The molecule has 4 aliphatic carbocycles. The van der Waals surface area contributed by atoms with E-state index in [1.54, 1.807) is 0 Å². The van der Waals surface area contributed by atoms with Gasteiger partial charge >= 0.3 is 0 Å². The topological polar surface area (TPSA) is 34.1 Å². The van der Waals surface area contributed by atoms with Crippen LogP contribution in [0.1, 0.15) is 53.4 Å². The molecule has 0 aliphatic heterocycles. The van der Waals surface area contributed by atoms with Crippen molar-refractivity contribution in [2.24, 2.45) is 21.7 Å². The summed E-state index contributed by atoms with van der Waals surface area (Å²) in [7, 11) is 0. The normalized spacial score (nSPS) is 54.0. The smallest absolute Gasteiger partial charge is 0.157 e. The average Bonchev–Trinajstić information content (AvgIpc) is 3.06. The number of fused-ring (bicyclic) bond motifs is 4. The monoisotopic (exact) mass is 612 g/mol. The first-order valence-electron chi connectivity index (χ1n) is 9.20. The molecule has 2 nitrogen and oxygen atoms in total. The number of halogens is 4. The lowest BCUT2D eigenvalue weighted by molar-refractivity contribution is -0.131. The lowest BCUT2D eigenvalue weighted by Crippen LogP contribution is -2.43. The first-order valence-corrected chi connectivity index (χ1v) is 12.6. The zero-order chi connectivity index (χ0) is 19.6. The molecule has 26 heavy (non-hydrogen) atoms. The molecular formula is C20H24Br4O2. The molecule has 4 fully saturated rings. The maximum absolute atomic E-state index is 13.1. The Labute approximate surface area is 189 Å². The molecule has 4 bridgehead atoms. The van der Waals surface area contributed by atoms with Crippen molar-refractivity contribution >= 4 is 75.3 Å². The quantitative estimate of drug-likeness (QED) is 0.277. The van der Waals surface area contributed by atoms with Gasteiger partial charge in [0.1, 0.15) is 0 Å². The van der Waals surface area contributed by atoms with Crippen molar-refractivity contribution in [2.75, 3.05) is 0 Å². The van der Waals surface area contributed by atoms with Gasteiger partial charge in [-0.05, 0) is 25.7 Å². The molecule has 0 aromatic heterocycles. The van der Waals surface area contributed by atoms with Crippen molar-refractivity contribution in [3.63, 3.8) is 0 Å². The van der Waals surface area contributed by atoms with Crippen LogP contribution in [0.5, 0.6) is 0 Å². The molecule has 0 heterocycles. The molecule has 0 N–H and O–H groups in total. The lowest BCUT2D eigenvalue weighted by Gasteiger charge is -2.43. The number of carbonyl (C=O) groups excluding carboxylic acids is 2. The van der Waals surface area contributed by atoms with E-state index in [0.717, 1.165) is 25.7 Å². The number of hydrogen-bond acceptors (Lipinski definition) is 2. The highest BCUT2D eigenvalue weighted by Crippen LogP contribution is 2.73. The van der Waals surface area contributed by atoms with Crippen molar-refractivity contribution in [3.8, 4) is 0 Å². The highest BCUT2D eigenvalue weighted by atomic mass is 79.9. The summed E-state index contributed by atoms with van der Waals surface area (Å²) in [4.78, 5) is 26.3. The number of hydrogen-bond donors (Lipinski definition) is 0. The van der Waals surface area contributed by atoms with Crippen LogP contribution in [0.25, 0.3) is 0 Å². The van der Waals surface area contributed by atoms with E-state index in [9.17, 15) is 9.59 Å². The molecule has 0 aromatic rings. The lowest BCUT2D eigenvalue weighted by atomic mass is 9.60. The van der Waals surface area contributed by atoms with Gasteiger partial charge in [-0.25, -0.2) is 0 Å². The van der Waals surface area contributed by atoms with Gasteiger partial charge in [-0.2, -0.15) is 0 Å². The third-order valence-corrected chi connectivity index (χ3v) is 15.3. The second-order valence-electron chi connectivity index (χ2n) is 9.77. The Balaban J connectivity index is 1.82. The van der Waals surface area contributed by atoms with Gasteiger partial charge in [0.15, 0.2) is 11.6 Å². The first kappa shape index (κ1) is 20.3. The Morgan fingerprint density at radius 1 is 0.731 bits per heavy atom. The molecule has 4 rings (SSSR count). The Morgan fingerprint density at radius 3 is 1.27 bits per heavy atom. The van der Waals surface area contributed by atoms with Gasteiger partial charge < -0.3 is 0 Å². The largest absolute Gasteiger partial charge is 0.297 e. The highest BCUT2D eigenvalue weighted by molar-refractivity contribution is 9.13. The van der Waals surface area contributed by atoms with Crippen molar-refractivity contribution in [1.29, 1.82) is 0 Å². The molecule has 0 aromatic carbocycles. The van der Waals surface area contributed by atoms with Crippen LogP contribution >= 0.6 is 63.7 Å². The molecule has 4 saturated carbocycles. The Bertz CT molecular complexity index is 697. The van der Waals surface area contributed by atoms with Gasteiger partial charge in [0, 0.05) is 31.3 Å². The fourth-order valence-corrected chi connectivity index (χ4v) is 11.3. The van der Waals surface area contributed by atoms with E-state index in [1.807, 2.05) is 0 Å². The zero-order valence-corrected chi connectivity index (χ0v) is 21.8. The summed E-state index contributed by atoms with van der Waals surface area (Å²) in [6.45, 7) is 8.31. The molecule has 0 unspecified atom stereocenters. The summed E-state index contributed by atoms with van der Waals surface area (Å²) in [6.07, 6.45) is 8.25. The van der Waals surface area contributed by atoms with Crippen LogP contribution in [0.2, 0.25) is 0 Å². The summed E-state index contributed by atoms with van der Waals surface area (Å²) < 4.78 is -0.940. The summed E-state index contributed by atoms with van der Waals surface area (Å²) in [5, 5.41) is 0. The number of allylic oxidation sites excluding steroid dienone is 2. The van der Waals surface area contributed by atoms with E-state index in [1.165, 1.54) is 0 Å². The second-order valence-corrected chi connectivity index (χ2v) is 14.4. The maximum atomic E-state index is 13.1. The van der Waals surface area contributed by atoms with Crippen LogP contribution in [0.3, 0.4) is 0 Å². The third kappa shape index (κ3) is 1.86. The molecule has 0 radical (unpaired) electrons. The van der Waals surface area contributed by atoms with E-state index in [-0.39, 0.29) is 20.5 Å². The zero-order valence-electron chi connectivity index (χ0n) is 15.5. The van der Waals surface area contributed by atoms with E-state index in [0.29, 0.717) is 11.6 Å². The molecule has 6 atom stereocenters. The van der Waals surface area contributed by atoms with Crippen molar-refractivity contribution < 1.29 is 9.59 Å². The van der Waals surface area contributed by atoms with E-state index < -0.39 is 19.5 Å². The van der Waals surface area contributed by atoms with Crippen LogP contribution in [-0.2, 0) is 9.59 Å². The molecule has 6 heteroatoms.